The maximum Gasteiger partial charge on any atom is 0.573 e. The number of carbonyl (C=O) groups is 1. The highest BCUT2D eigenvalue weighted by molar-refractivity contribution is 8.14. The molecule has 1 aliphatic rings. The number of rotatable bonds is 8. The molecular weight excluding hydrogens is 636 g/mol. The molecule has 47 heavy (non-hydrogen) atoms. The number of aromatic nitrogens is 3. The van der Waals surface area contributed by atoms with E-state index in [9.17, 15) is 18.0 Å². The fourth-order valence-electron chi connectivity index (χ4n) is 4.90. The van der Waals surface area contributed by atoms with Crippen LogP contribution in [0.4, 0.5) is 28.0 Å². The number of hydrogen-bond acceptors (Lipinski definition) is 6. The Morgan fingerprint density at radius 1 is 1.09 bits per heavy atom. The quantitative estimate of drug-likeness (QED) is 0.189. The standard InChI is InChI=1S/C33H32F4N6O3S/c1-20(2)27-17-26(45-4)13-14-29(27)43-21(3)15-16-47-32(43)40-31(44)38-18-28(34)22-5-7-23(8-6-22)30-39-19-42(41-30)24-9-11-25(12-10-24)46-33(35,36)37/h5-14,17-21H,15-16H2,1-4H3,(H,38,44)/b28-18-,40-32?. The minimum absolute atomic E-state index is 0.0961. The normalized spacial score (nSPS) is 16.4. The molecule has 4 aromatic rings. The molecular formula is C33H32F4N6O3S. The predicted octanol–water partition coefficient (Wildman–Crippen LogP) is 8.33. The number of thioether (sulfide) groups is 1. The number of amides is 2. The van der Waals surface area contributed by atoms with E-state index in [2.05, 4.69) is 45.9 Å². The third kappa shape index (κ3) is 8.30. The number of alkyl halides is 3. The molecule has 14 heteroatoms. The van der Waals surface area contributed by atoms with Crippen LogP contribution in [0.2, 0.25) is 0 Å². The van der Waals surface area contributed by atoms with Gasteiger partial charge in [-0.2, -0.15) is 4.99 Å². The van der Waals surface area contributed by atoms with Crippen molar-refractivity contribution in [2.75, 3.05) is 17.8 Å². The molecule has 9 nitrogen and oxygen atoms in total. The summed E-state index contributed by atoms with van der Waals surface area (Å²) in [6, 6.07) is 16.7. The van der Waals surface area contributed by atoms with Gasteiger partial charge in [0, 0.05) is 34.8 Å². The van der Waals surface area contributed by atoms with Crippen molar-refractivity contribution in [2.45, 2.75) is 45.5 Å². The van der Waals surface area contributed by atoms with E-state index < -0.39 is 18.2 Å². The molecule has 1 saturated heterocycles. The molecule has 0 saturated carbocycles. The zero-order valence-corrected chi connectivity index (χ0v) is 26.8. The third-order valence-corrected chi connectivity index (χ3v) is 8.28. The summed E-state index contributed by atoms with van der Waals surface area (Å²) < 4.78 is 63.0. The predicted molar refractivity (Wildman–Crippen MR) is 175 cm³/mol. The van der Waals surface area contributed by atoms with Crippen molar-refractivity contribution in [3.8, 4) is 28.6 Å². The van der Waals surface area contributed by atoms with Crippen LogP contribution in [0.5, 0.6) is 11.5 Å². The molecule has 1 fully saturated rings. The maximum absolute atomic E-state index is 15.0. The van der Waals surface area contributed by atoms with Gasteiger partial charge >= 0.3 is 12.4 Å². The monoisotopic (exact) mass is 668 g/mol. The summed E-state index contributed by atoms with van der Waals surface area (Å²) in [5.74, 6) is 1.04. The first-order valence-electron chi connectivity index (χ1n) is 14.7. The van der Waals surface area contributed by atoms with Gasteiger partial charge in [0.1, 0.15) is 23.7 Å². The number of aliphatic imine (C=N–C) groups is 1. The van der Waals surface area contributed by atoms with Crippen LogP contribution in [0.15, 0.2) is 84.2 Å². The molecule has 0 aliphatic carbocycles. The van der Waals surface area contributed by atoms with Crippen LogP contribution in [0.1, 0.15) is 44.2 Å². The molecule has 1 atom stereocenters. The Morgan fingerprint density at radius 2 is 1.79 bits per heavy atom. The van der Waals surface area contributed by atoms with Gasteiger partial charge in [0.25, 0.3) is 0 Å². The van der Waals surface area contributed by atoms with Crippen molar-refractivity contribution in [3.05, 3.63) is 90.4 Å². The minimum Gasteiger partial charge on any atom is -0.497 e. The second-order valence-electron chi connectivity index (χ2n) is 10.9. The first-order valence-corrected chi connectivity index (χ1v) is 15.6. The zero-order chi connectivity index (χ0) is 33.7. The van der Waals surface area contributed by atoms with Crippen LogP contribution in [0, 0.1) is 0 Å². The Morgan fingerprint density at radius 3 is 2.45 bits per heavy atom. The Hall–Kier alpha value is -4.85. The van der Waals surface area contributed by atoms with Crippen LogP contribution in [-0.2, 0) is 0 Å². The fourth-order valence-corrected chi connectivity index (χ4v) is 6.11. The van der Waals surface area contributed by atoms with E-state index in [1.165, 1.54) is 59.2 Å². The minimum atomic E-state index is -4.78. The van der Waals surface area contributed by atoms with E-state index in [4.69, 9.17) is 4.74 Å². The summed E-state index contributed by atoms with van der Waals surface area (Å²) in [4.78, 5) is 23.4. The summed E-state index contributed by atoms with van der Waals surface area (Å²) in [6.07, 6.45) is -1.50. The van der Waals surface area contributed by atoms with Gasteiger partial charge in [-0.1, -0.05) is 49.9 Å². The van der Waals surface area contributed by atoms with Gasteiger partial charge in [0.2, 0.25) is 0 Å². The summed E-state index contributed by atoms with van der Waals surface area (Å²) >= 11 is 1.47. The van der Waals surface area contributed by atoms with Gasteiger partial charge in [-0.3, -0.25) is 0 Å². The molecule has 1 aliphatic heterocycles. The molecule has 0 radical (unpaired) electrons. The number of urea groups is 1. The maximum atomic E-state index is 15.0. The number of ether oxygens (including phenoxy) is 2. The molecule has 1 aromatic heterocycles. The van der Waals surface area contributed by atoms with E-state index in [-0.39, 0.29) is 23.3 Å². The van der Waals surface area contributed by atoms with E-state index in [0.29, 0.717) is 22.2 Å². The van der Waals surface area contributed by atoms with Gasteiger partial charge in [-0.15, -0.1) is 18.3 Å². The SMILES string of the molecule is COc1ccc(N2C(=NC(=O)N/C=C(\F)c3ccc(-c4ncn(-c5ccc(OC(F)(F)F)cc5)n4)cc3)SCCC2C)c(C(C)C)c1. The number of benzene rings is 3. The molecule has 1 unspecified atom stereocenters. The second kappa shape index (κ2) is 14.3. The van der Waals surface area contributed by atoms with Gasteiger partial charge in [0.15, 0.2) is 11.0 Å². The molecule has 2 amide bonds. The van der Waals surface area contributed by atoms with Gasteiger partial charge in [0.05, 0.1) is 12.8 Å². The number of anilines is 1. The molecule has 1 N–H and O–H groups in total. The summed E-state index contributed by atoms with van der Waals surface area (Å²) in [6.45, 7) is 6.27. The number of hydrogen-bond donors (Lipinski definition) is 1. The van der Waals surface area contributed by atoms with E-state index >= 15 is 4.39 Å². The summed E-state index contributed by atoms with van der Waals surface area (Å²) in [5, 5.41) is 7.32. The van der Waals surface area contributed by atoms with Crippen LogP contribution in [-0.4, -0.2) is 51.2 Å². The Labute approximate surface area is 273 Å². The smallest absolute Gasteiger partial charge is 0.497 e. The van der Waals surface area contributed by atoms with E-state index in [1.807, 2.05) is 23.1 Å². The number of methoxy groups -OCH3 is 1. The number of carbonyl (C=O) groups excluding carboxylic acids is 1. The third-order valence-electron chi connectivity index (χ3n) is 7.30. The number of nitrogens with zero attached hydrogens (tertiary/aromatic N) is 5. The lowest BCUT2D eigenvalue weighted by molar-refractivity contribution is -0.274. The highest BCUT2D eigenvalue weighted by Gasteiger charge is 2.31. The average molecular weight is 669 g/mol. The number of nitrogens with one attached hydrogen (secondary N) is 1. The van der Waals surface area contributed by atoms with Crippen LogP contribution >= 0.6 is 11.8 Å². The summed E-state index contributed by atoms with van der Waals surface area (Å²) in [7, 11) is 1.62. The molecule has 5 rings (SSSR count). The van der Waals surface area contributed by atoms with E-state index in [0.717, 1.165) is 35.4 Å². The lowest BCUT2D eigenvalue weighted by Gasteiger charge is -2.37. The zero-order valence-electron chi connectivity index (χ0n) is 26.0. The molecule has 3 aromatic carbocycles. The van der Waals surface area contributed by atoms with Crippen molar-refractivity contribution in [1.82, 2.24) is 20.1 Å². The van der Waals surface area contributed by atoms with Crippen LogP contribution in [0.3, 0.4) is 0 Å². The van der Waals surface area contributed by atoms with Crippen molar-refractivity contribution in [2.24, 2.45) is 4.99 Å². The lowest BCUT2D eigenvalue weighted by Crippen LogP contribution is -2.42. The topological polar surface area (TPSA) is 93.9 Å². The first kappa shape index (κ1) is 33.5. The summed E-state index contributed by atoms with van der Waals surface area (Å²) in [5.41, 5.74) is 3.27. The average Bonchev–Trinajstić information content (AvgIpc) is 3.54. The second-order valence-corrected chi connectivity index (χ2v) is 12.0. The highest BCUT2D eigenvalue weighted by Crippen LogP contribution is 2.37. The fraction of sp³-hybridized carbons (Fsp3) is 0.273. The van der Waals surface area contributed by atoms with Crippen LogP contribution in [0.25, 0.3) is 22.9 Å². The van der Waals surface area contributed by atoms with Gasteiger partial charge in [-0.25, -0.2) is 18.9 Å². The molecule has 246 valence electrons. The van der Waals surface area contributed by atoms with Crippen molar-refractivity contribution < 1.29 is 31.8 Å². The Balaban J connectivity index is 1.26. The Kier molecular flexibility index (Phi) is 10.2. The lowest BCUT2D eigenvalue weighted by atomic mass is 9.99. The Bertz CT molecular complexity index is 1770. The number of halogens is 4. The first-order chi connectivity index (χ1) is 22.4. The molecule has 2 heterocycles. The van der Waals surface area contributed by atoms with Gasteiger partial charge < -0.3 is 19.7 Å². The largest absolute Gasteiger partial charge is 0.573 e. The van der Waals surface area contributed by atoms with E-state index in [1.54, 1.807) is 19.2 Å². The van der Waals surface area contributed by atoms with Crippen LogP contribution < -0.4 is 19.7 Å². The van der Waals surface area contributed by atoms with Crippen molar-refractivity contribution in [3.63, 3.8) is 0 Å². The molecule has 0 spiro atoms. The van der Waals surface area contributed by atoms with Crippen molar-refractivity contribution >= 4 is 34.5 Å². The number of amidine groups is 1. The van der Waals surface area contributed by atoms with Crippen molar-refractivity contribution in [1.29, 1.82) is 0 Å². The highest BCUT2D eigenvalue weighted by atomic mass is 32.2. The molecule has 0 bridgehead atoms. The van der Waals surface area contributed by atoms with Gasteiger partial charge in [-0.05, 0) is 67.3 Å².